The van der Waals surface area contributed by atoms with Gasteiger partial charge in [-0.05, 0) is 55.2 Å². The highest BCUT2D eigenvalue weighted by Gasteiger charge is 2.09. The quantitative estimate of drug-likeness (QED) is 0.243. The molecule has 3 aromatic carbocycles. The highest BCUT2D eigenvalue weighted by atomic mass is 16.3. The van der Waals surface area contributed by atoms with E-state index in [9.17, 15) is 9.90 Å². The first-order valence-corrected chi connectivity index (χ1v) is 10.3. The summed E-state index contributed by atoms with van der Waals surface area (Å²) in [5.41, 5.74) is 3.69. The van der Waals surface area contributed by atoms with Gasteiger partial charge in [-0.15, -0.1) is 5.11 Å². The molecule has 4 rings (SSSR count). The van der Waals surface area contributed by atoms with Crippen molar-refractivity contribution in [1.29, 1.82) is 0 Å². The summed E-state index contributed by atoms with van der Waals surface area (Å²) in [6.45, 7) is 0.646. The molecule has 0 unspecified atom stereocenters. The van der Waals surface area contributed by atoms with Crippen LogP contribution in [0.2, 0.25) is 0 Å². The number of aromatic amines is 1. The van der Waals surface area contributed by atoms with Crippen molar-refractivity contribution in [2.75, 3.05) is 6.54 Å². The normalized spacial score (nSPS) is 11.2. The topological polar surface area (TPSA) is 89.8 Å². The number of benzene rings is 3. The Labute approximate surface area is 180 Å². The molecule has 0 bridgehead atoms. The molecular weight excluding hydrogens is 388 g/mol. The minimum atomic E-state index is -0.0996. The number of aromatic nitrogens is 1. The number of hydrogen-bond donors (Lipinski definition) is 3. The van der Waals surface area contributed by atoms with Crippen LogP contribution in [-0.4, -0.2) is 22.5 Å². The summed E-state index contributed by atoms with van der Waals surface area (Å²) in [7, 11) is 0. The number of azo groups is 1. The largest absolute Gasteiger partial charge is 0.493 e. The molecule has 3 N–H and O–H groups in total. The average Bonchev–Trinajstić information content (AvgIpc) is 3.13. The second-order valence-corrected chi connectivity index (χ2v) is 7.31. The highest BCUT2D eigenvalue weighted by Crippen LogP contribution is 2.36. The molecular formula is C25H24N4O2. The van der Waals surface area contributed by atoms with E-state index in [4.69, 9.17) is 0 Å². The van der Waals surface area contributed by atoms with Crippen LogP contribution in [0.25, 0.3) is 10.9 Å². The van der Waals surface area contributed by atoms with Gasteiger partial charge in [-0.3, -0.25) is 4.79 Å². The van der Waals surface area contributed by atoms with Crippen molar-refractivity contribution in [2.24, 2.45) is 10.2 Å². The van der Waals surface area contributed by atoms with Gasteiger partial charge in [0.25, 0.3) is 5.91 Å². The molecule has 6 heteroatoms. The van der Waals surface area contributed by atoms with Gasteiger partial charge in [0, 0.05) is 17.5 Å². The second-order valence-electron chi connectivity index (χ2n) is 7.31. The van der Waals surface area contributed by atoms with E-state index in [0.29, 0.717) is 23.5 Å². The number of para-hydroxylation sites is 1. The van der Waals surface area contributed by atoms with Gasteiger partial charge in [0.15, 0.2) is 5.69 Å². The summed E-state index contributed by atoms with van der Waals surface area (Å²) < 4.78 is 0. The number of hydrogen-bond acceptors (Lipinski definition) is 4. The van der Waals surface area contributed by atoms with Gasteiger partial charge in [-0.1, -0.05) is 48.5 Å². The van der Waals surface area contributed by atoms with Crippen LogP contribution >= 0.6 is 0 Å². The summed E-state index contributed by atoms with van der Waals surface area (Å²) in [4.78, 5) is 15.2. The van der Waals surface area contributed by atoms with Crippen molar-refractivity contribution in [2.45, 2.75) is 19.3 Å². The summed E-state index contributed by atoms with van der Waals surface area (Å²) in [5.74, 6) is -0.120. The first kappa shape index (κ1) is 20.3. The van der Waals surface area contributed by atoms with E-state index in [1.165, 1.54) is 5.56 Å². The number of fused-ring (bicyclic) bond motifs is 1. The lowest BCUT2D eigenvalue weighted by Crippen LogP contribution is -2.24. The van der Waals surface area contributed by atoms with Gasteiger partial charge < -0.3 is 15.4 Å². The van der Waals surface area contributed by atoms with E-state index >= 15 is 0 Å². The Kier molecular flexibility index (Phi) is 6.38. The smallest absolute Gasteiger partial charge is 0.251 e. The monoisotopic (exact) mass is 412 g/mol. The lowest BCUT2D eigenvalue weighted by atomic mass is 10.1. The third kappa shape index (κ3) is 5.17. The summed E-state index contributed by atoms with van der Waals surface area (Å²) in [6.07, 6.45) is 2.98. The predicted molar refractivity (Wildman–Crippen MR) is 122 cm³/mol. The minimum Gasteiger partial charge on any atom is -0.493 e. The summed E-state index contributed by atoms with van der Waals surface area (Å²) in [5, 5.41) is 22.2. The number of rotatable bonds is 8. The molecule has 0 atom stereocenters. The number of unbranched alkanes of at least 4 members (excludes halogenated alkanes) is 1. The number of carbonyl (C=O) groups is 1. The Morgan fingerprint density at radius 3 is 2.42 bits per heavy atom. The van der Waals surface area contributed by atoms with Gasteiger partial charge >= 0.3 is 0 Å². The number of nitrogens with one attached hydrogen (secondary N) is 2. The van der Waals surface area contributed by atoms with Crippen molar-refractivity contribution in [3.05, 3.63) is 90.0 Å². The maximum absolute atomic E-state index is 12.3. The lowest BCUT2D eigenvalue weighted by Gasteiger charge is -2.06. The number of carbonyl (C=O) groups excluding carboxylic acids is 1. The lowest BCUT2D eigenvalue weighted by molar-refractivity contribution is 0.0953. The van der Waals surface area contributed by atoms with E-state index in [1.54, 1.807) is 24.3 Å². The third-order valence-electron chi connectivity index (χ3n) is 5.08. The van der Waals surface area contributed by atoms with Crippen LogP contribution in [0.4, 0.5) is 11.4 Å². The van der Waals surface area contributed by atoms with Crippen LogP contribution in [0, 0.1) is 0 Å². The molecule has 6 nitrogen and oxygen atoms in total. The number of H-pyrrole nitrogens is 1. The van der Waals surface area contributed by atoms with E-state index in [2.05, 4.69) is 32.7 Å². The van der Waals surface area contributed by atoms with Gasteiger partial charge in [0.05, 0.1) is 11.2 Å². The van der Waals surface area contributed by atoms with Gasteiger partial charge in [0.1, 0.15) is 0 Å². The van der Waals surface area contributed by atoms with Crippen LogP contribution in [-0.2, 0) is 6.42 Å². The van der Waals surface area contributed by atoms with Crippen LogP contribution in [0.1, 0.15) is 28.8 Å². The molecule has 0 aliphatic carbocycles. The standard InChI is InChI=1S/C25H24N4O2/c30-24(26-17-7-6-10-18-8-2-1-3-9-18)19-13-15-20(16-14-19)28-29-23-21-11-4-5-12-22(21)27-25(23)31/h1-5,8-9,11-16,27,31H,6-7,10,17H2,(H,26,30). The fourth-order valence-corrected chi connectivity index (χ4v) is 3.40. The SMILES string of the molecule is O=C(NCCCCc1ccccc1)c1ccc(N=Nc2c(O)[nH]c3ccccc23)cc1. The Hall–Kier alpha value is -3.93. The highest BCUT2D eigenvalue weighted by molar-refractivity contribution is 5.95. The van der Waals surface area contributed by atoms with E-state index < -0.39 is 0 Å². The van der Waals surface area contributed by atoms with Crippen LogP contribution in [0.5, 0.6) is 5.88 Å². The third-order valence-corrected chi connectivity index (χ3v) is 5.08. The van der Waals surface area contributed by atoms with Crippen LogP contribution in [0.15, 0.2) is 89.1 Å². The van der Waals surface area contributed by atoms with Crippen molar-refractivity contribution in [1.82, 2.24) is 10.3 Å². The number of nitrogens with zero attached hydrogens (tertiary/aromatic N) is 2. The van der Waals surface area contributed by atoms with E-state index in [-0.39, 0.29) is 11.8 Å². The zero-order chi connectivity index (χ0) is 21.5. The first-order valence-electron chi connectivity index (χ1n) is 10.3. The van der Waals surface area contributed by atoms with Crippen molar-refractivity contribution in [3.63, 3.8) is 0 Å². The summed E-state index contributed by atoms with van der Waals surface area (Å²) >= 11 is 0. The predicted octanol–water partition coefficient (Wildman–Crippen LogP) is 6.04. The van der Waals surface area contributed by atoms with Gasteiger partial charge in [-0.25, -0.2) is 0 Å². The summed E-state index contributed by atoms with van der Waals surface area (Å²) in [6, 6.07) is 24.8. The van der Waals surface area contributed by atoms with Crippen molar-refractivity contribution in [3.8, 4) is 5.88 Å². The Balaban J connectivity index is 1.29. The Morgan fingerprint density at radius 2 is 1.61 bits per heavy atom. The van der Waals surface area contributed by atoms with Crippen LogP contribution in [0.3, 0.4) is 0 Å². The minimum absolute atomic E-state index is 0.0202. The molecule has 1 amide bonds. The molecule has 0 aliphatic heterocycles. The molecule has 31 heavy (non-hydrogen) atoms. The molecule has 4 aromatic rings. The van der Waals surface area contributed by atoms with Crippen molar-refractivity contribution < 1.29 is 9.90 Å². The molecule has 0 saturated heterocycles. The zero-order valence-electron chi connectivity index (χ0n) is 17.1. The van der Waals surface area contributed by atoms with Gasteiger partial charge in [-0.2, -0.15) is 5.11 Å². The average molecular weight is 412 g/mol. The fraction of sp³-hybridized carbons (Fsp3) is 0.160. The zero-order valence-corrected chi connectivity index (χ0v) is 17.1. The maximum Gasteiger partial charge on any atom is 0.251 e. The molecule has 0 spiro atoms. The molecule has 0 radical (unpaired) electrons. The molecule has 0 aliphatic rings. The second kappa shape index (κ2) is 9.71. The molecule has 0 saturated carbocycles. The van der Waals surface area contributed by atoms with Crippen LogP contribution < -0.4 is 5.32 Å². The molecule has 0 fully saturated rings. The fourth-order valence-electron chi connectivity index (χ4n) is 3.40. The number of aryl methyl sites for hydroxylation is 1. The number of aromatic hydroxyl groups is 1. The van der Waals surface area contributed by atoms with Gasteiger partial charge in [0.2, 0.25) is 5.88 Å². The molecule has 156 valence electrons. The Bertz CT molecular complexity index is 1180. The molecule has 1 aromatic heterocycles. The number of amides is 1. The van der Waals surface area contributed by atoms with E-state index in [1.807, 2.05) is 42.5 Å². The van der Waals surface area contributed by atoms with E-state index in [0.717, 1.165) is 30.2 Å². The first-order chi connectivity index (χ1) is 15.2. The van der Waals surface area contributed by atoms with Crippen molar-refractivity contribution >= 4 is 28.2 Å². The Morgan fingerprint density at radius 1 is 0.871 bits per heavy atom. The molecule has 1 heterocycles. The maximum atomic E-state index is 12.3.